The molecule has 0 radical (unpaired) electrons. The molecule has 0 fully saturated rings. The topological polar surface area (TPSA) is 139 Å². The maximum atomic E-state index is 13.0. The van der Waals surface area contributed by atoms with Crippen molar-refractivity contribution < 1.29 is 22.7 Å². The Hall–Kier alpha value is -3.99. The SMILES string of the molecule is CCOc1ccccc1C(=O)NC(C(=O)Nc1ccc(S(=O)(=O)Nc2ncccn2)cc1)C(C)C. The summed E-state index contributed by atoms with van der Waals surface area (Å²) in [4.78, 5) is 33.5. The van der Waals surface area contributed by atoms with Gasteiger partial charge in [0.1, 0.15) is 11.8 Å². The van der Waals surface area contributed by atoms with Crippen LogP contribution in [0.3, 0.4) is 0 Å². The van der Waals surface area contributed by atoms with Crippen molar-refractivity contribution in [1.29, 1.82) is 0 Å². The number of para-hydroxylation sites is 1. The molecule has 10 nitrogen and oxygen atoms in total. The molecule has 0 saturated heterocycles. The fourth-order valence-corrected chi connectivity index (χ4v) is 4.12. The number of aromatic nitrogens is 2. The van der Waals surface area contributed by atoms with Crippen LogP contribution in [0, 0.1) is 5.92 Å². The van der Waals surface area contributed by atoms with Crippen LogP contribution in [-0.4, -0.2) is 42.8 Å². The second-order valence-electron chi connectivity index (χ2n) is 7.82. The minimum atomic E-state index is -3.90. The van der Waals surface area contributed by atoms with Gasteiger partial charge in [-0.2, -0.15) is 0 Å². The van der Waals surface area contributed by atoms with E-state index < -0.39 is 27.9 Å². The van der Waals surface area contributed by atoms with Crippen LogP contribution < -0.4 is 20.1 Å². The second kappa shape index (κ2) is 11.4. The predicted octanol–water partition coefficient (Wildman–Crippen LogP) is 3.07. The number of anilines is 2. The van der Waals surface area contributed by atoms with Crippen LogP contribution in [0.15, 0.2) is 71.9 Å². The summed E-state index contributed by atoms with van der Waals surface area (Å²) < 4.78 is 32.8. The van der Waals surface area contributed by atoms with E-state index in [1.807, 2.05) is 20.8 Å². The lowest BCUT2D eigenvalue weighted by atomic mass is 10.0. The normalized spacial score (nSPS) is 12.0. The van der Waals surface area contributed by atoms with Crippen molar-refractivity contribution >= 4 is 33.5 Å². The molecule has 0 aliphatic rings. The van der Waals surface area contributed by atoms with E-state index in [2.05, 4.69) is 25.3 Å². The van der Waals surface area contributed by atoms with Crippen LogP contribution in [-0.2, 0) is 14.8 Å². The fraction of sp³-hybridized carbons (Fsp3) is 0.250. The van der Waals surface area contributed by atoms with Crippen molar-refractivity contribution in [2.45, 2.75) is 31.7 Å². The van der Waals surface area contributed by atoms with E-state index in [1.54, 1.807) is 30.3 Å². The first-order valence-corrected chi connectivity index (χ1v) is 12.4. The molecule has 2 amide bonds. The summed E-state index contributed by atoms with van der Waals surface area (Å²) in [6.45, 7) is 5.84. The Morgan fingerprint density at radius 2 is 1.63 bits per heavy atom. The molecule has 1 heterocycles. The third-order valence-electron chi connectivity index (χ3n) is 4.89. The molecule has 11 heteroatoms. The molecule has 3 rings (SSSR count). The van der Waals surface area contributed by atoms with Gasteiger partial charge in [-0.1, -0.05) is 26.0 Å². The number of sulfonamides is 1. The number of hydrogen-bond acceptors (Lipinski definition) is 7. The zero-order valence-corrected chi connectivity index (χ0v) is 20.4. The minimum Gasteiger partial charge on any atom is -0.493 e. The summed E-state index contributed by atoms with van der Waals surface area (Å²) in [5.74, 6) is -0.701. The lowest BCUT2D eigenvalue weighted by Crippen LogP contribution is -2.47. The van der Waals surface area contributed by atoms with E-state index in [-0.39, 0.29) is 16.8 Å². The highest BCUT2D eigenvalue weighted by Crippen LogP contribution is 2.20. The van der Waals surface area contributed by atoms with Crippen molar-refractivity contribution in [3.8, 4) is 5.75 Å². The van der Waals surface area contributed by atoms with Crippen LogP contribution in [0.4, 0.5) is 11.6 Å². The molecule has 1 unspecified atom stereocenters. The van der Waals surface area contributed by atoms with Gasteiger partial charge in [0, 0.05) is 18.1 Å². The highest BCUT2D eigenvalue weighted by atomic mass is 32.2. The van der Waals surface area contributed by atoms with E-state index in [9.17, 15) is 18.0 Å². The van der Waals surface area contributed by atoms with Gasteiger partial charge in [-0.15, -0.1) is 0 Å². The average molecular weight is 498 g/mol. The largest absolute Gasteiger partial charge is 0.493 e. The molecule has 0 aliphatic carbocycles. The highest BCUT2D eigenvalue weighted by molar-refractivity contribution is 7.92. The number of ether oxygens (including phenoxy) is 1. The van der Waals surface area contributed by atoms with E-state index in [1.165, 1.54) is 36.7 Å². The Labute approximate surface area is 204 Å². The molecule has 1 aromatic heterocycles. The first-order chi connectivity index (χ1) is 16.7. The molecular weight excluding hydrogens is 470 g/mol. The number of amides is 2. The number of benzene rings is 2. The smallest absolute Gasteiger partial charge is 0.264 e. The summed E-state index contributed by atoms with van der Waals surface area (Å²) in [5.41, 5.74) is 0.705. The molecule has 0 aliphatic heterocycles. The van der Waals surface area contributed by atoms with Crippen molar-refractivity contribution in [2.75, 3.05) is 16.6 Å². The first kappa shape index (κ1) is 25.6. The number of rotatable bonds is 10. The molecular formula is C24H27N5O5S. The van der Waals surface area contributed by atoms with Crippen LogP contribution in [0.25, 0.3) is 0 Å². The second-order valence-corrected chi connectivity index (χ2v) is 9.50. The molecule has 0 spiro atoms. The maximum absolute atomic E-state index is 13.0. The van der Waals surface area contributed by atoms with Gasteiger partial charge in [0.25, 0.3) is 15.9 Å². The molecule has 0 saturated carbocycles. The third kappa shape index (κ3) is 6.76. The number of nitrogens with zero attached hydrogens (tertiary/aromatic N) is 2. The van der Waals surface area contributed by atoms with Crippen molar-refractivity contribution in [2.24, 2.45) is 5.92 Å². The van der Waals surface area contributed by atoms with Crippen LogP contribution in [0.5, 0.6) is 5.75 Å². The van der Waals surface area contributed by atoms with Crippen molar-refractivity contribution in [3.63, 3.8) is 0 Å². The summed E-state index contributed by atoms with van der Waals surface area (Å²) in [5, 5.41) is 5.49. The van der Waals surface area contributed by atoms with E-state index in [4.69, 9.17) is 4.74 Å². The molecule has 184 valence electrons. The average Bonchev–Trinajstić information content (AvgIpc) is 2.83. The van der Waals surface area contributed by atoms with E-state index >= 15 is 0 Å². The first-order valence-electron chi connectivity index (χ1n) is 10.9. The highest BCUT2D eigenvalue weighted by Gasteiger charge is 2.26. The van der Waals surface area contributed by atoms with Gasteiger partial charge in [-0.25, -0.2) is 23.1 Å². The lowest BCUT2D eigenvalue weighted by molar-refractivity contribution is -0.118. The Morgan fingerprint density at radius 3 is 2.26 bits per heavy atom. The summed E-state index contributed by atoms with van der Waals surface area (Å²) >= 11 is 0. The number of hydrogen-bond donors (Lipinski definition) is 3. The maximum Gasteiger partial charge on any atom is 0.264 e. The summed E-state index contributed by atoms with van der Waals surface area (Å²) in [6, 6.07) is 13.2. The fourth-order valence-electron chi connectivity index (χ4n) is 3.16. The third-order valence-corrected chi connectivity index (χ3v) is 6.23. The molecule has 2 aromatic carbocycles. The molecule has 3 N–H and O–H groups in total. The number of nitrogens with one attached hydrogen (secondary N) is 3. The molecule has 3 aromatic rings. The van der Waals surface area contributed by atoms with Crippen molar-refractivity contribution in [1.82, 2.24) is 15.3 Å². The zero-order valence-electron chi connectivity index (χ0n) is 19.6. The van der Waals surface area contributed by atoms with Crippen LogP contribution >= 0.6 is 0 Å². The Bertz CT molecular complexity index is 1260. The van der Waals surface area contributed by atoms with Gasteiger partial charge in [-0.05, 0) is 55.3 Å². The minimum absolute atomic E-state index is 0.0239. The van der Waals surface area contributed by atoms with E-state index in [0.29, 0.717) is 23.6 Å². The van der Waals surface area contributed by atoms with Gasteiger partial charge in [-0.3, -0.25) is 9.59 Å². The molecule has 35 heavy (non-hydrogen) atoms. The zero-order chi connectivity index (χ0) is 25.4. The summed E-state index contributed by atoms with van der Waals surface area (Å²) in [7, 11) is -3.90. The summed E-state index contributed by atoms with van der Waals surface area (Å²) in [6.07, 6.45) is 2.84. The van der Waals surface area contributed by atoms with Gasteiger partial charge in [0.15, 0.2) is 0 Å². The number of carbonyl (C=O) groups is 2. The van der Waals surface area contributed by atoms with Crippen LogP contribution in [0.2, 0.25) is 0 Å². The van der Waals surface area contributed by atoms with Gasteiger partial charge in [0.2, 0.25) is 11.9 Å². The quantitative estimate of drug-likeness (QED) is 0.391. The van der Waals surface area contributed by atoms with Gasteiger partial charge < -0.3 is 15.4 Å². The number of carbonyl (C=O) groups excluding carboxylic acids is 2. The molecule has 0 bridgehead atoms. The predicted molar refractivity (Wildman–Crippen MR) is 132 cm³/mol. The van der Waals surface area contributed by atoms with Crippen LogP contribution in [0.1, 0.15) is 31.1 Å². The van der Waals surface area contributed by atoms with Gasteiger partial charge in [0.05, 0.1) is 17.1 Å². The lowest BCUT2D eigenvalue weighted by Gasteiger charge is -2.22. The molecule has 1 atom stereocenters. The standard InChI is InChI=1S/C24H27N5O5S/c1-4-34-20-9-6-5-8-19(20)22(30)28-21(16(2)3)23(31)27-17-10-12-18(13-11-17)35(32,33)29-24-25-14-7-15-26-24/h5-16,21H,4H2,1-3H3,(H,27,31)(H,28,30)(H,25,26,29). The van der Waals surface area contributed by atoms with Gasteiger partial charge >= 0.3 is 0 Å². The Kier molecular flexibility index (Phi) is 8.37. The Balaban J connectivity index is 1.69. The van der Waals surface area contributed by atoms with E-state index in [0.717, 1.165) is 0 Å². The van der Waals surface area contributed by atoms with Crippen molar-refractivity contribution in [3.05, 3.63) is 72.6 Å². The monoisotopic (exact) mass is 497 g/mol. The Morgan fingerprint density at radius 1 is 0.971 bits per heavy atom.